The Morgan fingerprint density at radius 1 is 1.28 bits per heavy atom. The smallest absolute Gasteiger partial charge is 0.318 e. The molecule has 3 N–H and O–H groups in total. The maximum atomic E-state index is 12.7. The lowest BCUT2D eigenvalue weighted by atomic mass is 9.98. The lowest BCUT2D eigenvalue weighted by Gasteiger charge is -2.30. The van der Waals surface area contributed by atoms with Gasteiger partial charge >= 0.3 is 12.0 Å². The van der Waals surface area contributed by atoms with Crippen LogP contribution in [-0.2, 0) is 31.4 Å². The molecule has 1 aromatic rings. The first-order valence-corrected chi connectivity index (χ1v) is 10.7. The quantitative estimate of drug-likeness (QED) is 0.598. The van der Waals surface area contributed by atoms with E-state index >= 15 is 0 Å². The van der Waals surface area contributed by atoms with E-state index in [1.807, 2.05) is 5.32 Å². The average molecular weight is 429 g/mol. The van der Waals surface area contributed by atoms with Crippen LogP contribution in [0.5, 0.6) is 0 Å². The number of carbonyl (C=O) groups is 3. The zero-order valence-corrected chi connectivity index (χ0v) is 17.7. The number of imidazole rings is 1. The zero-order valence-electron chi connectivity index (χ0n) is 16.9. The third kappa shape index (κ3) is 5.32. The van der Waals surface area contributed by atoms with Crippen molar-refractivity contribution in [2.75, 3.05) is 13.1 Å². The molecule has 1 aliphatic heterocycles. The molecule has 2 rings (SSSR count). The Labute approximate surface area is 169 Å². The molecule has 1 aromatic heterocycles. The van der Waals surface area contributed by atoms with Crippen LogP contribution in [0.15, 0.2) is 11.2 Å². The Hall–Kier alpha value is -2.47. The van der Waals surface area contributed by atoms with Crippen molar-refractivity contribution in [2.45, 2.75) is 44.7 Å². The summed E-state index contributed by atoms with van der Waals surface area (Å²) in [5.74, 6) is -1.72. The van der Waals surface area contributed by atoms with E-state index in [4.69, 9.17) is 10.5 Å². The zero-order chi connectivity index (χ0) is 21.9. The van der Waals surface area contributed by atoms with E-state index in [9.17, 15) is 22.8 Å². The van der Waals surface area contributed by atoms with Gasteiger partial charge in [-0.15, -0.1) is 0 Å². The van der Waals surface area contributed by atoms with Crippen LogP contribution in [0.25, 0.3) is 0 Å². The third-order valence-corrected chi connectivity index (χ3v) is 6.60. The van der Waals surface area contributed by atoms with Crippen molar-refractivity contribution in [3.05, 3.63) is 12.0 Å². The number of urea groups is 1. The highest BCUT2D eigenvalue weighted by Crippen LogP contribution is 2.25. The lowest BCUT2D eigenvalue weighted by Crippen LogP contribution is -2.47. The van der Waals surface area contributed by atoms with Gasteiger partial charge in [-0.25, -0.2) is 18.2 Å². The number of sulfonamides is 1. The van der Waals surface area contributed by atoms with Crippen molar-refractivity contribution in [3.63, 3.8) is 0 Å². The van der Waals surface area contributed by atoms with Crippen LogP contribution >= 0.6 is 0 Å². The van der Waals surface area contributed by atoms with Gasteiger partial charge in [0.25, 0.3) is 15.9 Å². The fraction of sp³-hybridized carbons (Fsp3) is 0.647. The van der Waals surface area contributed by atoms with E-state index in [2.05, 4.69) is 4.98 Å². The first-order chi connectivity index (χ1) is 13.4. The number of esters is 1. The van der Waals surface area contributed by atoms with Gasteiger partial charge in [0.2, 0.25) is 0 Å². The molecule has 0 aromatic carbocycles. The summed E-state index contributed by atoms with van der Waals surface area (Å²) in [6, 6.07) is -1.03. The minimum atomic E-state index is -3.74. The van der Waals surface area contributed by atoms with Crippen LogP contribution in [0, 0.1) is 18.8 Å². The average Bonchev–Trinajstić information content (AvgIpc) is 2.98. The summed E-state index contributed by atoms with van der Waals surface area (Å²) >= 11 is 0. The second-order valence-corrected chi connectivity index (χ2v) is 9.26. The van der Waals surface area contributed by atoms with Crippen molar-refractivity contribution in [1.29, 1.82) is 0 Å². The molecule has 1 saturated heterocycles. The number of aromatic nitrogens is 2. The number of nitrogens with two attached hydrogens (primary N) is 1. The highest BCUT2D eigenvalue weighted by Gasteiger charge is 2.36. The monoisotopic (exact) mass is 429 g/mol. The number of hydrogen-bond donors (Lipinski definition) is 2. The topological polar surface area (TPSA) is 154 Å². The minimum absolute atomic E-state index is 0.0264. The summed E-state index contributed by atoms with van der Waals surface area (Å²) in [5.41, 5.74) is 4.94. The van der Waals surface area contributed by atoms with E-state index in [1.165, 1.54) is 10.5 Å². The van der Waals surface area contributed by atoms with Crippen LogP contribution in [0.1, 0.15) is 32.5 Å². The number of ether oxygens (including phenoxy) is 1. The molecule has 29 heavy (non-hydrogen) atoms. The van der Waals surface area contributed by atoms with E-state index in [1.54, 1.807) is 32.4 Å². The van der Waals surface area contributed by atoms with Gasteiger partial charge in [-0.05, 0) is 25.7 Å². The van der Waals surface area contributed by atoms with Crippen LogP contribution in [-0.4, -0.2) is 59.4 Å². The van der Waals surface area contributed by atoms with Crippen LogP contribution in [0.3, 0.4) is 0 Å². The summed E-state index contributed by atoms with van der Waals surface area (Å²) in [6.45, 7) is 5.32. The van der Waals surface area contributed by atoms with Gasteiger partial charge in [0.15, 0.2) is 11.1 Å². The molecule has 1 aliphatic rings. The van der Waals surface area contributed by atoms with Crippen molar-refractivity contribution < 1.29 is 27.5 Å². The number of amides is 3. The Kier molecular flexibility index (Phi) is 7.01. The molecule has 12 heteroatoms. The van der Waals surface area contributed by atoms with Gasteiger partial charge in [-0.3, -0.25) is 14.9 Å². The van der Waals surface area contributed by atoms with Crippen molar-refractivity contribution in [2.24, 2.45) is 24.6 Å². The molecule has 11 nitrogen and oxygen atoms in total. The number of aryl methyl sites for hydroxylation is 2. The molecule has 0 radical (unpaired) electrons. The number of hydrogen-bond acceptors (Lipinski definition) is 7. The fourth-order valence-electron chi connectivity index (χ4n) is 3.02. The first-order valence-electron chi connectivity index (χ1n) is 9.24. The Bertz CT molecular complexity index is 867. The summed E-state index contributed by atoms with van der Waals surface area (Å²) in [4.78, 5) is 39.4. The van der Waals surface area contributed by atoms with E-state index in [0.29, 0.717) is 5.82 Å². The molecule has 1 unspecified atom stereocenters. The second-order valence-electron chi connectivity index (χ2n) is 7.37. The number of carbonyl (C=O) groups excluding carboxylic acids is 3. The summed E-state index contributed by atoms with van der Waals surface area (Å²) in [6.07, 6.45) is 0.807. The predicted octanol–water partition coefficient (Wildman–Crippen LogP) is -0.108. The molecule has 162 valence electrons. The summed E-state index contributed by atoms with van der Waals surface area (Å²) in [7, 11) is -2.03. The highest BCUT2D eigenvalue weighted by atomic mass is 32.2. The van der Waals surface area contributed by atoms with Crippen LogP contribution in [0.2, 0.25) is 0 Å². The molecule has 0 aliphatic carbocycles. The fourth-order valence-corrected chi connectivity index (χ4v) is 4.52. The number of piperidine rings is 1. The Morgan fingerprint density at radius 3 is 2.31 bits per heavy atom. The molecule has 3 amide bonds. The van der Waals surface area contributed by atoms with Gasteiger partial charge in [0.05, 0.1) is 5.92 Å². The number of nitrogens with zero attached hydrogens (tertiary/aromatic N) is 3. The van der Waals surface area contributed by atoms with Gasteiger partial charge < -0.3 is 15.0 Å². The molecule has 0 spiro atoms. The van der Waals surface area contributed by atoms with E-state index in [0.717, 1.165) is 0 Å². The normalized spacial score (nSPS) is 17.1. The maximum absolute atomic E-state index is 12.7. The standard InChI is InChI=1S/C17H27N5O6S/c1-10(2)14(15(23)20-17(18)25)28-16(24)12-5-7-22(8-6-12)29(26,27)13-9-21(4)11(3)19-13/h9-10,12,14H,5-8H2,1-4H3,(H3,18,20,23,25). The summed E-state index contributed by atoms with van der Waals surface area (Å²) in [5, 5.41) is 1.88. The van der Waals surface area contributed by atoms with E-state index in [-0.39, 0.29) is 36.9 Å². The lowest BCUT2D eigenvalue weighted by molar-refractivity contribution is -0.163. The van der Waals surface area contributed by atoms with Crippen molar-refractivity contribution in [1.82, 2.24) is 19.2 Å². The number of rotatable bonds is 6. The molecule has 1 fully saturated rings. The molecular formula is C17H27N5O6S. The SMILES string of the molecule is Cc1nc(S(=O)(=O)N2CCC(C(=O)OC(C(=O)NC(N)=O)C(C)C)CC2)cn1C. The number of nitrogens with one attached hydrogen (secondary N) is 1. The first kappa shape index (κ1) is 22.8. The van der Waals surface area contributed by atoms with Gasteiger partial charge in [-0.2, -0.15) is 4.31 Å². The Morgan fingerprint density at radius 2 is 1.86 bits per heavy atom. The molecule has 0 bridgehead atoms. The maximum Gasteiger partial charge on any atom is 0.318 e. The minimum Gasteiger partial charge on any atom is -0.452 e. The highest BCUT2D eigenvalue weighted by molar-refractivity contribution is 7.89. The third-order valence-electron chi connectivity index (χ3n) is 4.83. The van der Waals surface area contributed by atoms with Crippen molar-refractivity contribution >= 4 is 27.9 Å². The number of primary amides is 1. The van der Waals surface area contributed by atoms with Crippen molar-refractivity contribution in [3.8, 4) is 0 Å². The molecule has 2 heterocycles. The molecule has 1 atom stereocenters. The largest absolute Gasteiger partial charge is 0.452 e. The Balaban J connectivity index is 1.99. The predicted molar refractivity (Wildman–Crippen MR) is 102 cm³/mol. The second kappa shape index (κ2) is 8.91. The van der Waals surface area contributed by atoms with Crippen LogP contribution in [0.4, 0.5) is 4.79 Å². The van der Waals surface area contributed by atoms with Crippen LogP contribution < -0.4 is 11.1 Å². The summed E-state index contributed by atoms with van der Waals surface area (Å²) < 4.78 is 33.7. The molecule has 0 saturated carbocycles. The van der Waals surface area contributed by atoms with E-state index < -0.39 is 40.0 Å². The van der Waals surface area contributed by atoms with Gasteiger partial charge in [-0.1, -0.05) is 13.8 Å². The molecular weight excluding hydrogens is 402 g/mol. The van der Waals surface area contributed by atoms with Gasteiger partial charge in [0.1, 0.15) is 5.82 Å². The number of imide groups is 1. The van der Waals surface area contributed by atoms with Gasteiger partial charge in [0, 0.05) is 26.3 Å².